The number of hydrogen-bond donors (Lipinski definition) is 3. The van der Waals surface area contributed by atoms with Gasteiger partial charge in [-0.05, 0) is 150 Å². The number of benzene rings is 2. The summed E-state index contributed by atoms with van der Waals surface area (Å²) in [7, 11) is -7.87. The molecule has 2 aliphatic carbocycles. The first-order valence-electron chi connectivity index (χ1n) is 26.3. The molecule has 0 aliphatic heterocycles. The number of nitrogens with one attached hydrogen (secondary N) is 2. The molecule has 72 heavy (non-hydrogen) atoms. The fourth-order valence-electron chi connectivity index (χ4n) is 9.95. The number of hydrogen-bond acceptors (Lipinski definition) is 7. The van der Waals surface area contributed by atoms with Crippen LogP contribution in [0.4, 0.5) is 0 Å². The van der Waals surface area contributed by atoms with Gasteiger partial charge in [-0.1, -0.05) is 134 Å². The summed E-state index contributed by atoms with van der Waals surface area (Å²) in [5.41, 5.74) is 9.80. The van der Waals surface area contributed by atoms with Crippen LogP contribution in [-0.2, 0) is 69.1 Å². The number of esters is 1. The fraction of sp³-hybridized carbons (Fsp3) is 0.621. The maximum atomic E-state index is 13.4. The van der Waals surface area contributed by atoms with Gasteiger partial charge in [0.25, 0.3) is 0 Å². The Morgan fingerprint density at radius 1 is 0.542 bits per heavy atom. The molecule has 2 aromatic carbocycles. The van der Waals surface area contributed by atoms with Crippen molar-refractivity contribution in [1.29, 1.82) is 0 Å². The van der Waals surface area contributed by atoms with Crippen LogP contribution in [0.5, 0.6) is 0 Å². The lowest BCUT2D eigenvalue weighted by Crippen LogP contribution is -2.31. The van der Waals surface area contributed by atoms with Gasteiger partial charge in [-0.2, -0.15) is 9.44 Å². The molecule has 400 valence electrons. The Bertz CT molecular complexity index is 2700. The van der Waals surface area contributed by atoms with Crippen LogP contribution >= 0.6 is 0 Å². The van der Waals surface area contributed by atoms with Crippen LogP contribution in [0.25, 0.3) is 22.5 Å². The number of carbonyl (C=O) groups is 2. The Morgan fingerprint density at radius 2 is 0.861 bits per heavy atom. The van der Waals surface area contributed by atoms with E-state index in [4.69, 9.17) is 9.84 Å². The van der Waals surface area contributed by atoms with E-state index < -0.39 is 38.5 Å². The highest BCUT2D eigenvalue weighted by Gasteiger charge is 2.31. The molecule has 2 aliphatic rings. The molecule has 0 saturated heterocycles. The van der Waals surface area contributed by atoms with Gasteiger partial charge in [-0.15, -0.1) is 0 Å². The molecule has 0 bridgehead atoms. The van der Waals surface area contributed by atoms with Crippen molar-refractivity contribution < 1.29 is 36.3 Å². The van der Waals surface area contributed by atoms with Crippen molar-refractivity contribution in [3.8, 4) is 22.5 Å². The van der Waals surface area contributed by atoms with Crippen molar-refractivity contribution >= 4 is 32.0 Å². The summed E-state index contributed by atoms with van der Waals surface area (Å²) < 4.78 is 66.9. The average molecular weight is 1030 g/mol. The molecular weight excluding hydrogens is 945 g/mol. The van der Waals surface area contributed by atoms with Crippen molar-refractivity contribution in [3.63, 3.8) is 0 Å². The number of aromatic nitrogens is 2. The van der Waals surface area contributed by atoms with E-state index in [1.165, 1.54) is 60.8 Å². The largest absolute Gasteiger partial charge is 0.480 e. The van der Waals surface area contributed by atoms with E-state index in [1.807, 2.05) is 13.8 Å². The van der Waals surface area contributed by atoms with Crippen molar-refractivity contribution in [3.05, 3.63) is 82.2 Å². The zero-order valence-corrected chi connectivity index (χ0v) is 48.0. The van der Waals surface area contributed by atoms with Gasteiger partial charge in [-0.3, -0.25) is 9.59 Å². The Hall–Kier alpha value is -4.24. The maximum absolute atomic E-state index is 13.4. The van der Waals surface area contributed by atoms with Crippen LogP contribution in [-0.4, -0.2) is 62.7 Å². The first-order chi connectivity index (χ1) is 33.2. The summed E-state index contributed by atoms with van der Waals surface area (Å²) in [6, 6.07) is 16.9. The Kier molecular flexibility index (Phi) is 18.8. The molecule has 3 N–H and O–H groups in total. The van der Waals surface area contributed by atoms with Gasteiger partial charge in [0.1, 0.15) is 22.9 Å². The lowest BCUT2D eigenvalue weighted by molar-refractivity contribution is -0.141. The number of sulfonamides is 2. The third-order valence-corrected chi connectivity index (χ3v) is 17.6. The molecular formula is C58H88N4O8S2. The van der Waals surface area contributed by atoms with Crippen molar-refractivity contribution in [1.82, 2.24) is 18.6 Å². The topological polar surface area (TPSA) is 166 Å². The first-order valence-corrected chi connectivity index (χ1v) is 29.3. The minimum atomic E-state index is -3.97. The van der Waals surface area contributed by atoms with Gasteiger partial charge < -0.3 is 19.0 Å². The minimum absolute atomic E-state index is 0.0536. The Balaban J connectivity index is 0.000000268. The molecule has 0 spiro atoms. The Morgan fingerprint density at radius 3 is 1.15 bits per heavy atom. The fourth-order valence-corrected chi connectivity index (χ4v) is 12.4. The van der Waals surface area contributed by atoms with Crippen LogP contribution in [0.3, 0.4) is 0 Å². The lowest BCUT2D eigenvalue weighted by Gasteiger charge is -2.27. The molecule has 14 heteroatoms. The number of aliphatic carboxylic acids is 1. The predicted molar refractivity (Wildman–Crippen MR) is 292 cm³/mol. The van der Waals surface area contributed by atoms with Crippen molar-refractivity contribution in [2.75, 3.05) is 19.7 Å². The molecule has 2 saturated carbocycles. The zero-order valence-electron chi connectivity index (χ0n) is 46.4. The molecule has 2 heterocycles. The highest BCUT2D eigenvalue weighted by Crippen LogP contribution is 2.40. The smallest absolute Gasteiger partial charge is 0.321 e. The van der Waals surface area contributed by atoms with Gasteiger partial charge in [0, 0.05) is 35.9 Å². The van der Waals surface area contributed by atoms with Crippen molar-refractivity contribution in [2.24, 2.45) is 11.8 Å². The van der Waals surface area contributed by atoms with Crippen molar-refractivity contribution in [2.45, 2.75) is 213 Å². The second-order valence-corrected chi connectivity index (χ2v) is 28.1. The van der Waals surface area contributed by atoms with Gasteiger partial charge in [0.15, 0.2) is 0 Å². The number of ether oxygens (including phenoxy) is 1. The molecule has 0 atom stereocenters. The molecule has 0 unspecified atom stereocenters. The van der Waals surface area contributed by atoms with E-state index in [9.17, 15) is 26.4 Å². The second kappa shape index (κ2) is 23.1. The van der Waals surface area contributed by atoms with Crippen LogP contribution in [0.1, 0.15) is 188 Å². The summed E-state index contributed by atoms with van der Waals surface area (Å²) in [4.78, 5) is 23.3. The monoisotopic (exact) mass is 1030 g/mol. The van der Waals surface area contributed by atoms with E-state index in [2.05, 4.69) is 138 Å². The van der Waals surface area contributed by atoms with E-state index in [0.29, 0.717) is 23.2 Å². The van der Waals surface area contributed by atoms with Crippen LogP contribution in [0.15, 0.2) is 58.3 Å². The minimum Gasteiger partial charge on any atom is -0.480 e. The number of nitrogens with zero attached hydrogens (tertiary/aromatic N) is 2. The third kappa shape index (κ3) is 15.2. The lowest BCUT2D eigenvalue weighted by atomic mass is 9.79. The maximum Gasteiger partial charge on any atom is 0.321 e. The number of carboxylic acids is 1. The standard InChI is InChI=1S/C30H46N2O4S.C28H42N2O4S/c1-9-36-28(33)19-31-37(34,35)27-18-26(32(21(27)2)20-22-13-11-10-12-14-22)23-15-24(29(3,4)5)17-25(16-23)30(6,7)8;1-19-25(35(33,34)29-17-26(31)32)16-24(30(19)18-20-11-9-8-10-12-20)21-13-22(27(2,3)4)15-23(14-21)28(5,6)7/h15-18,22,31H,9-14,19-20H2,1-8H3;13-16,20,29H,8-12,17-18H2,1-7H3,(H,31,32). The van der Waals surface area contributed by atoms with Gasteiger partial charge in [0.2, 0.25) is 20.0 Å². The van der Waals surface area contributed by atoms with Gasteiger partial charge in [0.05, 0.1) is 6.61 Å². The van der Waals surface area contributed by atoms with Gasteiger partial charge in [-0.25, -0.2) is 16.8 Å². The Labute approximate surface area is 433 Å². The molecule has 0 radical (unpaired) electrons. The average Bonchev–Trinajstić information content (AvgIpc) is 3.80. The summed E-state index contributed by atoms with van der Waals surface area (Å²) >= 11 is 0. The molecule has 2 aromatic heterocycles. The molecule has 6 rings (SSSR count). The molecule has 4 aromatic rings. The van der Waals surface area contributed by atoms with Crippen LogP contribution in [0, 0.1) is 25.7 Å². The number of carbonyl (C=O) groups excluding carboxylic acids is 1. The molecule has 2 fully saturated rings. The predicted octanol–water partition coefficient (Wildman–Crippen LogP) is 12.5. The quantitative estimate of drug-likeness (QED) is 0.0990. The molecule has 0 amide bonds. The summed E-state index contributed by atoms with van der Waals surface area (Å²) in [5, 5.41) is 9.03. The third-order valence-electron chi connectivity index (χ3n) is 14.6. The number of rotatable bonds is 15. The van der Waals surface area contributed by atoms with E-state index in [-0.39, 0.29) is 44.6 Å². The van der Waals surface area contributed by atoms with Crippen LogP contribution in [0.2, 0.25) is 0 Å². The highest BCUT2D eigenvalue weighted by molar-refractivity contribution is 7.89. The van der Waals surface area contributed by atoms with Crippen LogP contribution < -0.4 is 9.44 Å². The highest BCUT2D eigenvalue weighted by atomic mass is 32.2. The zero-order chi connectivity index (χ0) is 53.8. The second-order valence-electron chi connectivity index (χ2n) is 24.6. The summed E-state index contributed by atoms with van der Waals surface area (Å²) in [6.07, 6.45) is 12.0. The SMILES string of the molecule is CCOC(=O)CNS(=O)(=O)c1cc(-c2cc(C(C)(C)C)cc(C(C)(C)C)c2)n(CC2CCCCC2)c1C.Cc1c(S(=O)(=O)NCC(=O)O)cc(-c2cc(C(C)(C)C)cc(C(C)(C)C)c2)n1CC1CCCCC1. The summed E-state index contributed by atoms with van der Waals surface area (Å²) in [6.45, 7) is 32.6. The molecule has 12 nitrogen and oxygen atoms in total. The first kappa shape index (κ1) is 58.6. The normalized spacial score (nSPS) is 15.8. The van der Waals surface area contributed by atoms with E-state index in [0.717, 1.165) is 61.3 Å². The van der Waals surface area contributed by atoms with Gasteiger partial charge >= 0.3 is 11.9 Å². The number of carboxylic acid groups (broad SMARTS) is 1. The summed E-state index contributed by atoms with van der Waals surface area (Å²) in [5.74, 6) is -0.766. The van der Waals surface area contributed by atoms with E-state index in [1.54, 1.807) is 19.1 Å². The van der Waals surface area contributed by atoms with E-state index >= 15 is 0 Å².